The maximum atomic E-state index is 12.3. The smallest absolute Gasteiger partial charge is 0.306 e. The molecule has 27 heavy (non-hydrogen) atoms. The van der Waals surface area contributed by atoms with Crippen LogP contribution in [0.15, 0.2) is 18.2 Å². The monoisotopic (exact) mass is 374 g/mol. The maximum absolute atomic E-state index is 12.3. The minimum Gasteiger partial charge on any atom is -0.456 e. The summed E-state index contributed by atoms with van der Waals surface area (Å²) in [5.74, 6) is -1.60. The molecule has 0 saturated heterocycles. The normalized spacial score (nSPS) is 12.6. The minimum absolute atomic E-state index is 0.0398. The maximum Gasteiger partial charge on any atom is 0.306 e. The van der Waals surface area contributed by atoms with Crippen LogP contribution in [0.3, 0.4) is 0 Å². The largest absolute Gasteiger partial charge is 0.456 e. The van der Waals surface area contributed by atoms with E-state index >= 15 is 0 Å². The van der Waals surface area contributed by atoms with E-state index in [9.17, 15) is 19.2 Å². The topological polar surface area (TPSA) is 102 Å². The van der Waals surface area contributed by atoms with Crippen LogP contribution in [0, 0.1) is 0 Å². The number of amides is 2. The van der Waals surface area contributed by atoms with Crippen LogP contribution in [0.4, 0.5) is 0 Å². The van der Waals surface area contributed by atoms with Crippen LogP contribution in [-0.4, -0.2) is 43.3 Å². The van der Waals surface area contributed by atoms with Gasteiger partial charge < -0.3 is 15.4 Å². The van der Waals surface area contributed by atoms with Gasteiger partial charge in [-0.1, -0.05) is 12.1 Å². The highest BCUT2D eigenvalue weighted by Crippen LogP contribution is 2.22. The number of Topliss-reactive ketones (excluding diaryl/α,β-unsaturated/α-hetero) is 1. The summed E-state index contributed by atoms with van der Waals surface area (Å²) in [6.45, 7) is 1.61. The predicted molar refractivity (Wildman–Crippen MR) is 99.3 cm³/mol. The first-order valence-corrected chi connectivity index (χ1v) is 9.33. The third-order valence-electron chi connectivity index (χ3n) is 4.41. The highest BCUT2D eigenvalue weighted by Gasteiger charge is 2.15. The van der Waals surface area contributed by atoms with Gasteiger partial charge >= 0.3 is 5.97 Å². The van der Waals surface area contributed by atoms with Crippen molar-refractivity contribution in [2.24, 2.45) is 0 Å². The summed E-state index contributed by atoms with van der Waals surface area (Å²) >= 11 is 0. The molecule has 0 aliphatic heterocycles. The van der Waals surface area contributed by atoms with Gasteiger partial charge in [-0.2, -0.15) is 0 Å². The lowest BCUT2D eigenvalue weighted by Gasteiger charge is -2.16. The highest BCUT2D eigenvalue weighted by molar-refractivity contribution is 5.98. The van der Waals surface area contributed by atoms with Crippen LogP contribution >= 0.6 is 0 Å². The summed E-state index contributed by atoms with van der Waals surface area (Å²) < 4.78 is 4.84. The van der Waals surface area contributed by atoms with Crippen LogP contribution in [0.2, 0.25) is 0 Å². The Bertz CT molecular complexity index is 714. The molecule has 1 aromatic rings. The lowest BCUT2D eigenvalue weighted by Crippen LogP contribution is -2.38. The van der Waals surface area contributed by atoms with Crippen LogP contribution in [-0.2, 0) is 32.0 Å². The Morgan fingerprint density at radius 1 is 0.963 bits per heavy atom. The molecule has 0 radical (unpaired) electrons. The van der Waals surface area contributed by atoms with E-state index in [-0.39, 0.29) is 31.1 Å². The van der Waals surface area contributed by atoms with Gasteiger partial charge in [-0.15, -0.1) is 0 Å². The average Bonchev–Trinajstić information content (AvgIpc) is 2.68. The summed E-state index contributed by atoms with van der Waals surface area (Å²) in [5.41, 5.74) is 3.14. The fourth-order valence-electron chi connectivity index (χ4n) is 2.97. The second-order valence-corrected chi connectivity index (χ2v) is 6.50. The van der Waals surface area contributed by atoms with Crippen LogP contribution < -0.4 is 10.6 Å². The number of hydrogen-bond donors (Lipinski definition) is 2. The van der Waals surface area contributed by atoms with E-state index < -0.39 is 18.5 Å². The molecule has 2 amide bonds. The molecular weight excluding hydrogens is 348 g/mol. The number of carbonyl (C=O) groups excluding carboxylic acids is 4. The van der Waals surface area contributed by atoms with Crippen LogP contribution in [0.25, 0.3) is 0 Å². The summed E-state index contributed by atoms with van der Waals surface area (Å²) in [7, 11) is 0. The average molecular weight is 374 g/mol. The fraction of sp³-hybridized carbons (Fsp3) is 0.500. The fourth-order valence-corrected chi connectivity index (χ4v) is 2.97. The number of esters is 1. The van der Waals surface area contributed by atoms with Gasteiger partial charge in [-0.05, 0) is 49.8 Å². The number of carbonyl (C=O) groups is 4. The zero-order valence-corrected chi connectivity index (χ0v) is 15.6. The van der Waals surface area contributed by atoms with Crippen molar-refractivity contribution >= 4 is 23.6 Å². The third kappa shape index (κ3) is 6.84. The molecule has 7 heteroatoms. The Labute approximate surface area is 158 Å². The van der Waals surface area contributed by atoms with Crippen LogP contribution in [0.1, 0.15) is 54.1 Å². The third-order valence-corrected chi connectivity index (χ3v) is 4.41. The summed E-state index contributed by atoms with van der Waals surface area (Å²) in [4.78, 5) is 46.7. The first kappa shape index (κ1) is 20.6. The van der Waals surface area contributed by atoms with Gasteiger partial charge in [-0.3, -0.25) is 19.2 Å². The van der Waals surface area contributed by atoms with Crippen molar-refractivity contribution in [1.29, 1.82) is 0 Å². The second-order valence-electron chi connectivity index (χ2n) is 6.50. The molecule has 0 spiro atoms. The Kier molecular flexibility index (Phi) is 7.98. The van der Waals surface area contributed by atoms with Crippen molar-refractivity contribution < 1.29 is 23.9 Å². The Morgan fingerprint density at radius 2 is 1.70 bits per heavy atom. The zero-order valence-electron chi connectivity index (χ0n) is 15.6. The first-order chi connectivity index (χ1) is 13.0. The number of fused-ring (bicyclic) bond motifs is 1. The number of ketones is 1. The van der Waals surface area contributed by atoms with E-state index in [0.29, 0.717) is 12.1 Å². The molecular formula is C20H26N2O5. The lowest BCUT2D eigenvalue weighted by atomic mass is 9.89. The molecule has 0 fully saturated rings. The molecule has 0 heterocycles. The Balaban J connectivity index is 1.70. The van der Waals surface area contributed by atoms with E-state index in [0.717, 1.165) is 19.3 Å². The van der Waals surface area contributed by atoms with Gasteiger partial charge in [-0.25, -0.2) is 0 Å². The van der Waals surface area contributed by atoms with Gasteiger partial charge in [0.15, 0.2) is 12.4 Å². The highest BCUT2D eigenvalue weighted by atomic mass is 16.5. The molecule has 2 N–H and O–H groups in total. The quantitative estimate of drug-likeness (QED) is 0.501. The zero-order chi connectivity index (χ0) is 19.6. The molecule has 2 rings (SSSR count). The van der Waals surface area contributed by atoms with Crippen molar-refractivity contribution in [2.45, 2.75) is 45.4 Å². The molecule has 0 atom stereocenters. The lowest BCUT2D eigenvalue weighted by molar-refractivity contribution is -0.148. The van der Waals surface area contributed by atoms with Crippen molar-refractivity contribution in [3.05, 3.63) is 34.9 Å². The Hall–Kier alpha value is -2.70. The number of ether oxygens (including phenoxy) is 1. The molecule has 1 aliphatic carbocycles. The Morgan fingerprint density at radius 3 is 2.44 bits per heavy atom. The minimum atomic E-state index is -0.616. The van der Waals surface area contributed by atoms with E-state index in [2.05, 4.69) is 10.6 Å². The molecule has 0 aromatic heterocycles. The van der Waals surface area contributed by atoms with E-state index in [1.165, 1.54) is 17.5 Å². The van der Waals surface area contributed by atoms with Gasteiger partial charge in [0.25, 0.3) is 5.91 Å². The van der Waals surface area contributed by atoms with E-state index in [1.807, 2.05) is 18.2 Å². The SMILES string of the molecule is CCNC(=O)CNC(=O)COC(=O)CCC(=O)c1ccc2c(c1)CCCC2. The summed E-state index contributed by atoms with van der Waals surface area (Å²) in [6.07, 6.45) is 4.32. The summed E-state index contributed by atoms with van der Waals surface area (Å²) in [6, 6.07) is 5.74. The van der Waals surface area contributed by atoms with Gasteiger partial charge in [0.05, 0.1) is 13.0 Å². The van der Waals surface area contributed by atoms with Crippen LogP contribution in [0.5, 0.6) is 0 Å². The predicted octanol–water partition coefficient (Wildman–Crippen LogP) is 1.32. The number of rotatable bonds is 9. The van der Waals surface area contributed by atoms with E-state index in [4.69, 9.17) is 4.74 Å². The number of likely N-dealkylation sites (N-methyl/N-ethyl adjacent to an activating group) is 1. The van der Waals surface area contributed by atoms with Crippen molar-refractivity contribution in [3.8, 4) is 0 Å². The number of hydrogen-bond acceptors (Lipinski definition) is 5. The first-order valence-electron chi connectivity index (χ1n) is 9.33. The molecule has 0 bridgehead atoms. The number of aryl methyl sites for hydroxylation is 2. The molecule has 0 saturated carbocycles. The van der Waals surface area contributed by atoms with E-state index in [1.54, 1.807) is 6.92 Å². The molecule has 146 valence electrons. The molecule has 1 aliphatic rings. The van der Waals surface area contributed by atoms with Gasteiger partial charge in [0, 0.05) is 18.5 Å². The molecule has 7 nitrogen and oxygen atoms in total. The van der Waals surface area contributed by atoms with Gasteiger partial charge in [0.2, 0.25) is 5.91 Å². The van der Waals surface area contributed by atoms with Crippen molar-refractivity contribution in [2.75, 3.05) is 19.7 Å². The standard InChI is InChI=1S/C20H26N2O5/c1-2-21-18(24)12-22-19(25)13-27-20(26)10-9-17(23)16-8-7-14-5-3-4-6-15(14)11-16/h7-8,11H,2-6,9-10,12-13H2,1H3,(H,21,24)(H,22,25). The summed E-state index contributed by atoms with van der Waals surface area (Å²) in [5, 5.41) is 4.88. The second kappa shape index (κ2) is 10.4. The van der Waals surface area contributed by atoms with Crippen molar-refractivity contribution in [1.82, 2.24) is 10.6 Å². The molecule has 1 aromatic carbocycles. The number of nitrogens with one attached hydrogen (secondary N) is 2. The molecule has 0 unspecified atom stereocenters. The van der Waals surface area contributed by atoms with Crippen molar-refractivity contribution in [3.63, 3.8) is 0 Å². The van der Waals surface area contributed by atoms with Gasteiger partial charge in [0.1, 0.15) is 0 Å². The number of benzene rings is 1.